The van der Waals surface area contributed by atoms with Crippen molar-refractivity contribution in [3.63, 3.8) is 0 Å². The summed E-state index contributed by atoms with van der Waals surface area (Å²) < 4.78 is 0. The van der Waals surface area contributed by atoms with E-state index in [1.165, 1.54) is 0 Å². The van der Waals surface area contributed by atoms with E-state index >= 15 is 0 Å². The summed E-state index contributed by atoms with van der Waals surface area (Å²) in [4.78, 5) is 0. The SMILES string of the molecule is CC1(O)C2C=CC1[C@H]1C=C[C@@H]2C1O. The van der Waals surface area contributed by atoms with Crippen molar-refractivity contribution in [3.8, 4) is 0 Å². The van der Waals surface area contributed by atoms with Gasteiger partial charge in [0.2, 0.25) is 0 Å². The molecule has 0 aromatic carbocycles. The highest BCUT2D eigenvalue weighted by atomic mass is 16.3. The first-order chi connectivity index (χ1) is 6.12. The monoisotopic (exact) mass is 178 g/mol. The molecule has 0 aromatic rings. The zero-order valence-corrected chi connectivity index (χ0v) is 7.59. The molecule has 6 atom stereocenters. The van der Waals surface area contributed by atoms with Crippen LogP contribution in [-0.4, -0.2) is 21.9 Å². The molecule has 0 spiro atoms. The Labute approximate surface area is 77.6 Å². The van der Waals surface area contributed by atoms with Crippen LogP contribution in [0.15, 0.2) is 24.3 Å². The Bertz CT molecular complexity index is 277. The molecular formula is C11H14O2. The molecule has 70 valence electrons. The zero-order chi connectivity index (χ0) is 9.22. The number of aliphatic hydroxyl groups is 2. The smallest absolute Gasteiger partial charge is 0.0757 e. The quantitative estimate of drug-likeness (QED) is 0.536. The van der Waals surface area contributed by atoms with Crippen LogP contribution in [0.25, 0.3) is 0 Å². The lowest BCUT2D eigenvalue weighted by atomic mass is 9.66. The number of aliphatic hydroxyl groups excluding tert-OH is 1. The second-order valence-electron chi connectivity index (χ2n) is 4.69. The minimum atomic E-state index is -0.641. The van der Waals surface area contributed by atoms with Gasteiger partial charge in [0.25, 0.3) is 0 Å². The Balaban J connectivity index is 2.11. The van der Waals surface area contributed by atoms with Gasteiger partial charge in [-0.3, -0.25) is 0 Å². The van der Waals surface area contributed by atoms with E-state index in [-0.39, 0.29) is 29.8 Å². The molecule has 13 heavy (non-hydrogen) atoms. The molecule has 0 aliphatic heterocycles. The van der Waals surface area contributed by atoms with Crippen molar-refractivity contribution in [2.24, 2.45) is 23.7 Å². The third-order valence-corrected chi connectivity index (χ3v) is 4.05. The fourth-order valence-corrected chi connectivity index (χ4v) is 3.29. The van der Waals surface area contributed by atoms with E-state index in [0.29, 0.717) is 0 Å². The fourth-order valence-electron chi connectivity index (χ4n) is 3.29. The van der Waals surface area contributed by atoms with Crippen molar-refractivity contribution in [1.29, 1.82) is 0 Å². The van der Waals surface area contributed by atoms with E-state index in [1.54, 1.807) is 0 Å². The van der Waals surface area contributed by atoms with Crippen LogP contribution < -0.4 is 0 Å². The van der Waals surface area contributed by atoms with Crippen LogP contribution in [0.4, 0.5) is 0 Å². The highest BCUT2D eigenvalue weighted by Crippen LogP contribution is 2.54. The normalized spacial score (nSPS) is 61.9. The molecule has 0 amide bonds. The van der Waals surface area contributed by atoms with Crippen LogP contribution in [0.3, 0.4) is 0 Å². The number of hydrogen-bond donors (Lipinski definition) is 2. The molecule has 0 saturated heterocycles. The molecule has 2 nitrogen and oxygen atoms in total. The summed E-state index contributed by atoms with van der Waals surface area (Å²) in [5.41, 5.74) is -0.641. The van der Waals surface area contributed by atoms with E-state index in [2.05, 4.69) is 24.3 Å². The van der Waals surface area contributed by atoms with Gasteiger partial charge in [-0.15, -0.1) is 0 Å². The Morgan fingerprint density at radius 1 is 1.00 bits per heavy atom. The first-order valence-electron chi connectivity index (χ1n) is 4.89. The average Bonchev–Trinajstić information content (AvgIpc) is 2.36. The maximum Gasteiger partial charge on any atom is 0.0757 e. The van der Waals surface area contributed by atoms with Gasteiger partial charge in [0.15, 0.2) is 0 Å². The van der Waals surface area contributed by atoms with Gasteiger partial charge in [0.05, 0.1) is 11.7 Å². The van der Waals surface area contributed by atoms with Gasteiger partial charge in [0.1, 0.15) is 0 Å². The highest BCUT2D eigenvalue weighted by Gasteiger charge is 2.57. The summed E-state index contributed by atoms with van der Waals surface area (Å²) in [5, 5.41) is 20.2. The van der Waals surface area contributed by atoms with E-state index < -0.39 is 5.60 Å². The van der Waals surface area contributed by atoms with Gasteiger partial charge < -0.3 is 10.2 Å². The third-order valence-electron chi connectivity index (χ3n) is 4.05. The minimum absolute atomic E-state index is 0.113. The minimum Gasteiger partial charge on any atom is -0.392 e. The second kappa shape index (κ2) is 2.07. The fraction of sp³-hybridized carbons (Fsp3) is 0.636. The van der Waals surface area contributed by atoms with E-state index in [1.807, 2.05) is 6.92 Å². The lowest BCUT2D eigenvalue weighted by Gasteiger charge is -2.44. The lowest BCUT2D eigenvalue weighted by molar-refractivity contribution is -0.104. The summed E-state index contributed by atoms with van der Waals surface area (Å²) in [5.74, 6) is 0.495. The van der Waals surface area contributed by atoms with Crippen molar-refractivity contribution >= 4 is 0 Å². The molecule has 3 aliphatic carbocycles. The summed E-state index contributed by atoms with van der Waals surface area (Å²) in [6, 6.07) is 0. The second-order valence-corrected chi connectivity index (χ2v) is 4.69. The Morgan fingerprint density at radius 2 is 1.46 bits per heavy atom. The number of rotatable bonds is 0. The first kappa shape index (κ1) is 7.77. The number of fused-ring (bicyclic) bond motifs is 6. The van der Waals surface area contributed by atoms with E-state index in [9.17, 15) is 10.2 Å². The van der Waals surface area contributed by atoms with Crippen molar-refractivity contribution in [1.82, 2.24) is 0 Å². The van der Waals surface area contributed by atoms with Crippen LogP contribution in [0.2, 0.25) is 0 Å². The molecule has 2 N–H and O–H groups in total. The van der Waals surface area contributed by atoms with Crippen molar-refractivity contribution in [2.45, 2.75) is 18.6 Å². The Kier molecular flexibility index (Phi) is 1.24. The van der Waals surface area contributed by atoms with E-state index in [0.717, 1.165) is 0 Å². The molecule has 4 bridgehead atoms. The zero-order valence-electron chi connectivity index (χ0n) is 7.59. The maximum absolute atomic E-state index is 10.3. The predicted octanol–water partition coefficient (Wildman–Crippen LogP) is 0.716. The molecule has 0 aromatic heterocycles. The van der Waals surface area contributed by atoms with Crippen LogP contribution in [0.5, 0.6) is 0 Å². The number of hydrogen-bond acceptors (Lipinski definition) is 2. The molecule has 3 aliphatic rings. The topological polar surface area (TPSA) is 40.5 Å². The molecule has 1 fully saturated rings. The van der Waals surface area contributed by atoms with Gasteiger partial charge in [-0.25, -0.2) is 0 Å². The van der Waals surface area contributed by atoms with Gasteiger partial charge in [-0.2, -0.15) is 0 Å². The molecule has 4 unspecified atom stereocenters. The van der Waals surface area contributed by atoms with E-state index in [4.69, 9.17) is 0 Å². The molecular weight excluding hydrogens is 164 g/mol. The van der Waals surface area contributed by atoms with Gasteiger partial charge in [0, 0.05) is 23.7 Å². The largest absolute Gasteiger partial charge is 0.392 e. The van der Waals surface area contributed by atoms with Crippen LogP contribution in [0.1, 0.15) is 6.92 Å². The average molecular weight is 178 g/mol. The van der Waals surface area contributed by atoms with Crippen LogP contribution in [-0.2, 0) is 0 Å². The van der Waals surface area contributed by atoms with Gasteiger partial charge in [-0.05, 0) is 6.92 Å². The molecule has 0 heterocycles. The summed E-state index contributed by atoms with van der Waals surface area (Å²) in [6.07, 6.45) is 8.00. The maximum atomic E-state index is 10.3. The molecule has 2 heteroatoms. The summed E-state index contributed by atoms with van der Waals surface area (Å²) in [7, 11) is 0. The first-order valence-corrected chi connectivity index (χ1v) is 4.89. The highest BCUT2D eigenvalue weighted by molar-refractivity contribution is 5.30. The standard InChI is InChI=1S/C11H14O2/c1-11(13)8-4-5-9(11)7-3-2-6(8)10(7)12/h2-10,12-13H,1H3/t6-,7+,8?,9?,10?,11?. The van der Waals surface area contributed by atoms with Crippen molar-refractivity contribution in [3.05, 3.63) is 24.3 Å². The third kappa shape index (κ3) is 0.720. The summed E-state index contributed by atoms with van der Waals surface area (Å²) in [6.45, 7) is 1.89. The Hall–Kier alpha value is -0.600. The lowest BCUT2D eigenvalue weighted by Crippen LogP contribution is -2.51. The predicted molar refractivity (Wildman–Crippen MR) is 48.9 cm³/mol. The molecule has 0 radical (unpaired) electrons. The Morgan fingerprint density at radius 3 is 1.92 bits per heavy atom. The van der Waals surface area contributed by atoms with Crippen molar-refractivity contribution < 1.29 is 10.2 Å². The molecule has 1 saturated carbocycles. The summed E-state index contributed by atoms with van der Waals surface area (Å²) >= 11 is 0. The van der Waals surface area contributed by atoms with Crippen molar-refractivity contribution in [2.75, 3.05) is 0 Å². The van der Waals surface area contributed by atoms with Crippen LogP contribution in [0, 0.1) is 23.7 Å². The van der Waals surface area contributed by atoms with Crippen LogP contribution >= 0.6 is 0 Å². The molecule has 3 rings (SSSR count). The van der Waals surface area contributed by atoms with Gasteiger partial charge in [-0.1, -0.05) is 24.3 Å². The van der Waals surface area contributed by atoms with Gasteiger partial charge >= 0.3 is 0 Å².